The first kappa shape index (κ1) is 29.4. The van der Waals surface area contributed by atoms with E-state index in [4.69, 9.17) is 28.4 Å². The molecule has 0 aromatic rings. The first-order chi connectivity index (χ1) is 4.24. The van der Waals surface area contributed by atoms with Crippen LogP contribution in [0.4, 0.5) is 0 Å². The van der Waals surface area contributed by atoms with E-state index in [1.165, 1.54) is 0 Å². The Balaban J connectivity index is -0.0000000150. The Labute approximate surface area is 97.0 Å². The Bertz CT molecular complexity index is 54.6. The van der Waals surface area contributed by atoms with E-state index < -0.39 is 26.1 Å². The van der Waals surface area contributed by atoms with Crippen molar-refractivity contribution in [3.8, 4) is 0 Å². The minimum absolute atomic E-state index is 0. The van der Waals surface area contributed by atoms with Crippen molar-refractivity contribution < 1.29 is 57.9 Å². The molecule has 0 heterocycles. The molecular weight excluding hydrogens is 244 g/mol. The average molecular weight is 248 g/mol. The Morgan fingerprint density at radius 3 is 1.00 bits per heavy atom. The molecule has 0 aliphatic heterocycles. The molecule has 0 aliphatic rings. The predicted octanol–water partition coefficient (Wildman–Crippen LogP) is -2.96. The van der Waals surface area contributed by atoms with E-state index in [2.05, 4.69) is 0 Å². The fourth-order valence-electron chi connectivity index (χ4n) is 0. The molecule has 2 N–H and O–H groups in total. The van der Waals surface area contributed by atoms with Gasteiger partial charge >= 0.3 is 46.9 Å². The van der Waals surface area contributed by atoms with Crippen molar-refractivity contribution in [3.05, 3.63) is 0 Å². The number of hydrogen-bond donors (Lipinski definition) is 2. The minimum Gasteiger partial charge on any atom is -0.772 e. The fourth-order valence-corrected chi connectivity index (χ4v) is 0. The summed E-state index contributed by atoms with van der Waals surface area (Å²) >= 11 is 0. The molecule has 0 bridgehead atoms. The molecule has 0 aromatic carbocycles. The predicted molar refractivity (Wildman–Crippen MR) is 37.6 cm³/mol. The van der Waals surface area contributed by atoms with E-state index in [1.54, 1.807) is 0 Å². The Morgan fingerprint density at radius 1 is 1.00 bits per heavy atom. The first-order valence-corrected chi connectivity index (χ1v) is 3.39. The topological polar surface area (TPSA) is 115 Å². The summed E-state index contributed by atoms with van der Waals surface area (Å²) in [5.74, 6) is 0. The van der Waals surface area contributed by atoms with Crippen LogP contribution in [0.1, 0.15) is 0 Å². The van der Waals surface area contributed by atoms with E-state index in [0.29, 0.717) is 0 Å². The molecule has 0 fully saturated rings. The third kappa shape index (κ3) is 447. The van der Waals surface area contributed by atoms with E-state index >= 15 is 0 Å². The normalized spacial score (nSPS) is 5.73. The van der Waals surface area contributed by atoms with Crippen LogP contribution < -0.4 is 34.5 Å². The molecule has 0 atom stereocenters. The third-order valence-electron chi connectivity index (χ3n) is 0. The molecule has 0 spiro atoms. The third-order valence-corrected chi connectivity index (χ3v) is 0. The zero-order valence-corrected chi connectivity index (χ0v) is 11.1. The van der Waals surface area contributed by atoms with Gasteiger partial charge in [0, 0.05) is 0 Å². The van der Waals surface area contributed by atoms with Gasteiger partial charge < -0.3 is 14.7 Å². The van der Waals surface area contributed by atoms with Crippen LogP contribution in [0.25, 0.3) is 0 Å². The van der Waals surface area contributed by atoms with E-state index in [0.717, 1.165) is 0 Å². The Morgan fingerprint density at radius 2 is 1.00 bits per heavy atom. The fraction of sp³-hybridized carbons (Fsp3) is 0. The SMILES string of the molecule is O=PO.O=PO.O=P[O-].S.[Na+]. The van der Waals surface area contributed by atoms with Crippen molar-refractivity contribution in [1.82, 2.24) is 0 Å². The summed E-state index contributed by atoms with van der Waals surface area (Å²) in [5.41, 5.74) is 0. The standard InChI is InChI=1S/Na.3HO2P.H2S/c;3*1-3-2;/h;3*(H,1,2);1H2/q+1;;;;/p-1. The van der Waals surface area contributed by atoms with Gasteiger partial charge in [0.15, 0.2) is 0 Å². The van der Waals surface area contributed by atoms with Crippen LogP contribution in [-0.2, 0) is 13.7 Å². The van der Waals surface area contributed by atoms with Crippen molar-refractivity contribution in [2.24, 2.45) is 0 Å². The van der Waals surface area contributed by atoms with Crippen molar-refractivity contribution in [3.63, 3.8) is 0 Å². The second-order valence-electron chi connectivity index (χ2n) is 0.238. The van der Waals surface area contributed by atoms with E-state index in [1.807, 2.05) is 0 Å². The average Bonchev–Trinajstić information content (AvgIpc) is 1.70. The molecule has 0 unspecified atom stereocenters. The first-order valence-electron chi connectivity index (χ1n) is 1.13. The van der Waals surface area contributed by atoms with Crippen molar-refractivity contribution in [2.75, 3.05) is 0 Å². The summed E-state index contributed by atoms with van der Waals surface area (Å²) in [6.45, 7) is 0. The van der Waals surface area contributed by atoms with Crippen molar-refractivity contribution in [2.45, 2.75) is 0 Å². The van der Waals surface area contributed by atoms with Gasteiger partial charge in [0.05, 0.1) is 8.69 Å². The van der Waals surface area contributed by atoms with Crippen LogP contribution >= 0.6 is 39.6 Å². The van der Waals surface area contributed by atoms with Crippen molar-refractivity contribution in [1.29, 1.82) is 0 Å². The largest absolute Gasteiger partial charge is 1.00 e. The molecule has 6 nitrogen and oxygen atoms in total. The molecule has 0 radical (unpaired) electrons. The zero-order chi connectivity index (χ0) is 8.12. The molecule has 11 heavy (non-hydrogen) atoms. The molecule has 0 aliphatic carbocycles. The van der Waals surface area contributed by atoms with Gasteiger partial charge in [-0.25, -0.2) is 9.13 Å². The van der Waals surface area contributed by atoms with Crippen LogP contribution in [0.5, 0.6) is 0 Å². The Kier molecular flexibility index (Phi) is 166. The van der Waals surface area contributed by atoms with E-state index in [9.17, 15) is 0 Å². The molecule has 0 amide bonds. The minimum atomic E-state index is -1.08. The summed E-state index contributed by atoms with van der Waals surface area (Å²) in [6, 6.07) is 0. The summed E-state index contributed by atoms with van der Waals surface area (Å²) in [7, 11) is -2.75. The van der Waals surface area contributed by atoms with Crippen LogP contribution in [0, 0.1) is 0 Å². The van der Waals surface area contributed by atoms with Gasteiger partial charge in [-0.3, -0.25) is 4.57 Å². The number of rotatable bonds is 0. The van der Waals surface area contributed by atoms with Gasteiger partial charge in [0.2, 0.25) is 0 Å². The molecule has 0 saturated carbocycles. The maximum Gasteiger partial charge on any atom is 1.00 e. The monoisotopic (exact) mass is 248 g/mol. The maximum absolute atomic E-state index is 8.46. The molecule has 0 rings (SSSR count). The second-order valence-corrected chi connectivity index (χ2v) is 0.714. The van der Waals surface area contributed by atoms with Crippen LogP contribution in [-0.4, -0.2) is 9.79 Å². The number of hydrogen-bond acceptors (Lipinski definition) is 4. The van der Waals surface area contributed by atoms with E-state index in [-0.39, 0.29) is 43.1 Å². The van der Waals surface area contributed by atoms with Gasteiger partial charge in [0.25, 0.3) is 0 Å². The summed E-state index contributed by atoms with van der Waals surface area (Å²) in [5, 5.41) is 0. The van der Waals surface area contributed by atoms with Gasteiger partial charge in [-0.2, -0.15) is 13.5 Å². The van der Waals surface area contributed by atoms with Crippen LogP contribution in [0.15, 0.2) is 0 Å². The van der Waals surface area contributed by atoms with Gasteiger partial charge in [-0.05, 0) is 0 Å². The molecule has 0 aromatic heterocycles. The van der Waals surface area contributed by atoms with Crippen molar-refractivity contribution >= 4 is 39.6 Å². The van der Waals surface area contributed by atoms with Gasteiger partial charge in [0.1, 0.15) is 0 Å². The molecule has 62 valence electrons. The van der Waals surface area contributed by atoms with Crippen LogP contribution in [0.3, 0.4) is 0 Å². The zero-order valence-electron chi connectivity index (χ0n) is 5.37. The maximum atomic E-state index is 8.46. The molecule has 11 heteroatoms. The summed E-state index contributed by atoms with van der Waals surface area (Å²) in [4.78, 5) is 22.3. The van der Waals surface area contributed by atoms with Gasteiger partial charge in [-0.15, -0.1) is 0 Å². The Hall–Kier alpha value is 1.53. The summed E-state index contributed by atoms with van der Waals surface area (Å²) in [6.07, 6.45) is 0. The molecular formula is H4NaO6P3S. The summed E-state index contributed by atoms with van der Waals surface area (Å²) < 4.78 is 25.3. The molecule has 0 saturated heterocycles. The van der Waals surface area contributed by atoms with Gasteiger partial charge in [-0.1, -0.05) is 0 Å². The quantitative estimate of drug-likeness (QED) is 0.349. The second kappa shape index (κ2) is 62.3. The smallest absolute Gasteiger partial charge is 0.772 e. The van der Waals surface area contributed by atoms with Crippen LogP contribution in [0.2, 0.25) is 0 Å².